The van der Waals surface area contributed by atoms with Gasteiger partial charge in [-0.1, -0.05) is 17.7 Å². The molecule has 1 amide bonds. The fourth-order valence-electron chi connectivity index (χ4n) is 4.74. The highest BCUT2D eigenvalue weighted by molar-refractivity contribution is 7.86. The molecule has 0 radical (unpaired) electrons. The van der Waals surface area contributed by atoms with Gasteiger partial charge in [-0.15, -0.1) is 0 Å². The Morgan fingerprint density at radius 1 is 1.06 bits per heavy atom. The van der Waals surface area contributed by atoms with Crippen molar-refractivity contribution < 1.29 is 41.2 Å². The second-order valence-electron chi connectivity index (χ2n) is 9.81. The van der Waals surface area contributed by atoms with Gasteiger partial charge in [0.15, 0.2) is 0 Å². The highest BCUT2D eigenvalue weighted by Crippen LogP contribution is 2.64. The van der Waals surface area contributed by atoms with Crippen molar-refractivity contribution in [2.24, 2.45) is 17.8 Å². The fourth-order valence-corrected chi connectivity index (χ4v) is 5.84. The lowest BCUT2D eigenvalue weighted by Crippen LogP contribution is -2.58. The highest BCUT2D eigenvalue weighted by Gasteiger charge is 2.77. The molecule has 194 valence electrons. The Labute approximate surface area is 205 Å². The summed E-state index contributed by atoms with van der Waals surface area (Å²) in [5.74, 6) is -3.67. The molecule has 0 bridgehead atoms. The van der Waals surface area contributed by atoms with E-state index >= 15 is 0 Å². The summed E-state index contributed by atoms with van der Waals surface area (Å²) in [4.78, 5) is 38.6. The van der Waals surface area contributed by atoms with Crippen molar-refractivity contribution in [3.63, 3.8) is 0 Å². The largest absolute Gasteiger partial charge is 0.466 e. The first-order chi connectivity index (χ1) is 16.3. The SMILES string of the molecule is CCOC(=O)[C@@H]1[C@@H]2[C@@H]1[C@@](NC(=O)OC(C)(C)C)(C(=O)OCC)C[C@H]2OS(=O)(=O)c1ccc(C)cc1. The number of hydrogen-bond acceptors (Lipinski definition) is 9. The number of benzene rings is 1. The number of nitrogens with one attached hydrogen (secondary N) is 1. The van der Waals surface area contributed by atoms with Crippen molar-refractivity contribution in [1.82, 2.24) is 5.32 Å². The summed E-state index contributed by atoms with van der Waals surface area (Å²) in [5, 5.41) is 2.60. The van der Waals surface area contributed by atoms with Gasteiger partial charge in [0.05, 0.1) is 30.1 Å². The number of ether oxygens (including phenoxy) is 3. The Morgan fingerprint density at radius 2 is 1.66 bits per heavy atom. The van der Waals surface area contributed by atoms with E-state index in [4.69, 9.17) is 18.4 Å². The number of hydrogen-bond donors (Lipinski definition) is 1. The molecule has 1 N–H and O–H groups in total. The van der Waals surface area contributed by atoms with Crippen LogP contribution in [0.4, 0.5) is 4.79 Å². The first kappa shape index (κ1) is 26.9. The lowest BCUT2D eigenvalue weighted by molar-refractivity contribution is -0.154. The van der Waals surface area contributed by atoms with Crippen molar-refractivity contribution in [3.8, 4) is 0 Å². The minimum absolute atomic E-state index is 0.0191. The molecule has 1 aromatic rings. The molecule has 0 heterocycles. The molecular formula is C24H33NO9S. The van der Waals surface area contributed by atoms with Crippen LogP contribution in [-0.2, 0) is 38.1 Å². The van der Waals surface area contributed by atoms with Crippen LogP contribution in [0.5, 0.6) is 0 Å². The second kappa shape index (κ2) is 9.77. The number of aryl methyl sites for hydroxylation is 1. The van der Waals surface area contributed by atoms with Crippen molar-refractivity contribution in [3.05, 3.63) is 29.8 Å². The molecule has 0 spiro atoms. The molecule has 1 aromatic carbocycles. The zero-order valence-corrected chi connectivity index (χ0v) is 21.6. The lowest BCUT2D eigenvalue weighted by atomic mass is 9.89. The normalized spacial score (nSPS) is 27.5. The lowest BCUT2D eigenvalue weighted by Gasteiger charge is -2.33. The second-order valence-corrected chi connectivity index (χ2v) is 11.4. The smallest absolute Gasteiger partial charge is 0.408 e. The van der Waals surface area contributed by atoms with Gasteiger partial charge >= 0.3 is 18.0 Å². The number of carbonyl (C=O) groups is 3. The van der Waals surface area contributed by atoms with Crippen LogP contribution in [0, 0.1) is 24.7 Å². The summed E-state index contributed by atoms with van der Waals surface area (Å²) >= 11 is 0. The van der Waals surface area contributed by atoms with Gasteiger partial charge in [-0.05, 0) is 53.7 Å². The molecule has 2 saturated carbocycles. The molecule has 2 fully saturated rings. The summed E-state index contributed by atoms with van der Waals surface area (Å²) in [6.07, 6.45) is -2.16. The van der Waals surface area contributed by atoms with Crippen molar-refractivity contribution >= 4 is 28.1 Å². The van der Waals surface area contributed by atoms with Gasteiger partial charge in [0, 0.05) is 18.3 Å². The molecule has 3 rings (SSSR count). The molecule has 5 atom stereocenters. The third-order valence-electron chi connectivity index (χ3n) is 6.08. The van der Waals surface area contributed by atoms with Crippen molar-refractivity contribution in [2.75, 3.05) is 13.2 Å². The molecule has 2 aliphatic carbocycles. The van der Waals surface area contributed by atoms with Crippen LogP contribution in [-0.4, -0.2) is 56.9 Å². The molecule has 11 heteroatoms. The summed E-state index contributed by atoms with van der Waals surface area (Å²) < 4.78 is 47.4. The molecule has 35 heavy (non-hydrogen) atoms. The maximum Gasteiger partial charge on any atom is 0.408 e. The minimum atomic E-state index is -4.22. The molecule has 0 aliphatic heterocycles. The molecule has 2 aliphatic rings. The number of amides is 1. The van der Waals surface area contributed by atoms with Gasteiger partial charge in [0.25, 0.3) is 10.1 Å². The summed E-state index contributed by atoms with van der Waals surface area (Å²) in [6, 6.07) is 6.12. The van der Waals surface area contributed by atoms with E-state index in [2.05, 4.69) is 5.32 Å². The maximum absolute atomic E-state index is 13.2. The third kappa shape index (κ3) is 5.61. The van der Waals surface area contributed by atoms with Crippen molar-refractivity contribution in [1.29, 1.82) is 0 Å². The summed E-state index contributed by atoms with van der Waals surface area (Å²) in [6.45, 7) is 10.2. The zero-order valence-electron chi connectivity index (χ0n) is 20.8. The van der Waals surface area contributed by atoms with E-state index < -0.39 is 63.1 Å². The van der Waals surface area contributed by atoms with Gasteiger partial charge in [-0.25, -0.2) is 9.59 Å². The van der Waals surface area contributed by atoms with E-state index in [9.17, 15) is 22.8 Å². The monoisotopic (exact) mass is 511 g/mol. The Bertz CT molecular complexity index is 1080. The van der Waals surface area contributed by atoms with Crippen LogP contribution in [0.25, 0.3) is 0 Å². The van der Waals surface area contributed by atoms with Crippen LogP contribution >= 0.6 is 0 Å². The topological polar surface area (TPSA) is 134 Å². The van der Waals surface area contributed by atoms with Gasteiger partial charge in [-0.2, -0.15) is 8.42 Å². The van der Waals surface area contributed by atoms with Gasteiger partial charge < -0.3 is 19.5 Å². The summed E-state index contributed by atoms with van der Waals surface area (Å²) in [7, 11) is -4.22. The van der Waals surface area contributed by atoms with E-state index in [0.29, 0.717) is 0 Å². The summed E-state index contributed by atoms with van der Waals surface area (Å²) in [5.41, 5.74) is -1.70. The number of rotatable bonds is 8. The zero-order chi connectivity index (χ0) is 26.2. The Morgan fingerprint density at radius 3 is 2.20 bits per heavy atom. The molecule has 10 nitrogen and oxygen atoms in total. The first-order valence-corrected chi connectivity index (χ1v) is 13.0. The number of esters is 2. The number of fused-ring (bicyclic) bond motifs is 1. The maximum atomic E-state index is 13.2. The standard InChI is InChI=1S/C24H33NO9S/c1-7-31-20(26)18-17-16(34-35(29,30)15-11-9-14(3)10-12-15)13-24(19(17)18,21(27)32-8-2)25-22(28)33-23(4,5)6/h9-12,16-19H,7-8,13H2,1-6H3,(H,25,28)/t16-,17-,18-,19+,24-/m1/s1. The van der Waals surface area contributed by atoms with Gasteiger partial charge in [0.2, 0.25) is 0 Å². The minimum Gasteiger partial charge on any atom is -0.466 e. The van der Waals surface area contributed by atoms with Crippen LogP contribution in [0.1, 0.15) is 46.6 Å². The highest BCUT2D eigenvalue weighted by atomic mass is 32.2. The van der Waals surface area contributed by atoms with E-state index in [1.165, 1.54) is 12.1 Å². The van der Waals surface area contributed by atoms with Gasteiger partial charge in [0.1, 0.15) is 11.1 Å². The predicted molar refractivity (Wildman–Crippen MR) is 124 cm³/mol. The average Bonchev–Trinajstić information content (AvgIpc) is 3.41. The van der Waals surface area contributed by atoms with E-state index in [-0.39, 0.29) is 24.5 Å². The predicted octanol–water partition coefficient (Wildman–Crippen LogP) is 2.72. The third-order valence-corrected chi connectivity index (χ3v) is 7.43. The number of alkyl carbamates (subject to hydrolysis) is 1. The molecule has 0 unspecified atom stereocenters. The fraction of sp³-hybridized carbons (Fsp3) is 0.625. The van der Waals surface area contributed by atoms with Crippen LogP contribution < -0.4 is 5.32 Å². The molecule has 0 saturated heterocycles. The Balaban J connectivity index is 1.97. The van der Waals surface area contributed by atoms with Crippen LogP contribution in [0.2, 0.25) is 0 Å². The van der Waals surface area contributed by atoms with E-state index in [1.807, 2.05) is 6.92 Å². The Hall–Kier alpha value is -2.66. The quantitative estimate of drug-likeness (QED) is 0.317. The van der Waals surface area contributed by atoms with E-state index in [0.717, 1.165) is 5.56 Å². The molecular weight excluding hydrogens is 478 g/mol. The molecule has 0 aromatic heterocycles. The van der Waals surface area contributed by atoms with E-state index in [1.54, 1.807) is 46.8 Å². The average molecular weight is 512 g/mol. The first-order valence-electron chi connectivity index (χ1n) is 11.6. The van der Waals surface area contributed by atoms with Crippen LogP contribution in [0.15, 0.2) is 29.2 Å². The van der Waals surface area contributed by atoms with Gasteiger partial charge in [-0.3, -0.25) is 8.98 Å². The van der Waals surface area contributed by atoms with Crippen LogP contribution in [0.3, 0.4) is 0 Å². The Kier molecular flexibility index (Phi) is 7.52. The number of carbonyl (C=O) groups excluding carboxylic acids is 3. The van der Waals surface area contributed by atoms with Crippen molar-refractivity contribution in [2.45, 2.75) is 70.1 Å².